The molecular formula is C77H150O17P2. The van der Waals surface area contributed by atoms with Gasteiger partial charge in [0, 0.05) is 25.7 Å². The Labute approximate surface area is 588 Å². The predicted molar refractivity (Wildman–Crippen MR) is 391 cm³/mol. The largest absolute Gasteiger partial charge is 0.472 e. The number of carbonyl (C=O) groups excluding carboxylic acids is 4. The van der Waals surface area contributed by atoms with Crippen LogP contribution < -0.4 is 0 Å². The highest BCUT2D eigenvalue weighted by Gasteiger charge is 2.30. The van der Waals surface area contributed by atoms with Crippen molar-refractivity contribution >= 4 is 39.5 Å². The zero-order valence-corrected chi connectivity index (χ0v) is 64.8. The third-order valence-electron chi connectivity index (χ3n) is 17.8. The molecule has 0 saturated heterocycles. The molecule has 3 unspecified atom stereocenters. The summed E-state index contributed by atoms with van der Waals surface area (Å²) in [7, 11) is -9.91. The number of carbonyl (C=O) groups is 4. The highest BCUT2D eigenvalue weighted by atomic mass is 31.2. The topological polar surface area (TPSA) is 237 Å². The van der Waals surface area contributed by atoms with Gasteiger partial charge in [-0.2, -0.15) is 0 Å². The number of unbranched alkanes of at least 4 members (excludes halogenated alkanes) is 40. The van der Waals surface area contributed by atoms with Gasteiger partial charge in [0.15, 0.2) is 12.2 Å². The van der Waals surface area contributed by atoms with Crippen molar-refractivity contribution in [3.05, 3.63) is 0 Å². The lowest BCUT2D eigenvalue weighted by atomic mass is 10.0. The quantitative estimate of drug-likeness (QED) is 0.0222. The van der Waals surface area contributed by atoms with Crippen LogP contribution in [0.4, 0.5) is 0 Å². The minimum absolute atomic E-state index is 0.106. The van der Waals surface area contributed by atoms with E-state index in [-0.39, 0.29) is 25.7 Å². The maximum Gasteiger partial charge on any atom is 0.472 e. The van der Waals surface area contributed by atoms with E-state index < -0.39 is 97.5 Å². The van der Waals surface area contributed by atoms with Crippen molar-refractivity contribution in [1.82, 2.24) is 0 Å². The van der Waals surface area contributed by atoms with Gasteiger partial charge in [-0.05, 0) is 49.4 Å². The number of phosphoric ester groups is 2. The Balaban J connectivity index is 5.20. The molecule has 17 nitrogen and oxygen atoms in total. The van der Waals surface area contributed by atoms with E-state index in [1.165, 1.54) is 180 Å². The Bertz CT molecular complexity index is 1880. The number of aliphatic hydroxyl groups excluding tert-OH is 1. The molecule has 96 heavy (non-hydrogen) atoms. The smallest absolute Gasteiger partial charge is 0.462 e. The molecule has 0 aliphatic heterocycles. The second-order valence-corrected chi connectivity index (χ2v) is 32.6. The van der Waals surface area contributed by atoms with Gasteiger partial charge in [0.05, 0.1) is 26.4 Å². The fourth-order valence-electron chi connectivity index (χ4n) is 11.7. The normalized spacial score (nSPS) is 14.1. The zero-order chi connectivity index (χ0) is 71.0. The van der Waals surface area contributed by atoms with Gasteiger partial charge in [-0.15, -0.1) is 0 Å². The molecule has 5 atom stereocenters. The van der Waals surface area contributed by atoms with Crippen LogP contribution in [0.3, 0.4) is 0 Å². The molecular weight excluding hydrogens is 1260 g/mol. The number of esters is 4. The first-order chi connectivity index (χ1) is 46.1. The van der Waals surface area contributed by atoms with Crippen molar-refractivity contribution in [2.24, 2.45) is 23.7 Å². The van der Waals surface area contributed by atoms with E-state index in [4.69, 9.17) is 37.0 Å². The zero-order valence-electron chi connectivity index (χ0n) is 63.0. The summed E-state index contributed by atoms with van der Waals surface area (Å²) in [5, 5.41) is 10.6. The van der Waals surface area contributed by atoms with Crippen molar-refractivity contribution in [2.75, 3.05) is 39.6 Å². The third-order valence-corrected chi connectivity index (χ3v) is 19.7. The molecule has 0 aliphatic rings. The number of phosphoric acid groups is 2. The fraction of sp³-hybridized carbons (Fsp3) is 0.948. The molecule has 0 aromatic heterocycles. The Morgan fingerprint density at radius 2 is 0.438 bits per heavy atom. The van der Waals surface area contributed by atoms with E-state index in [1.807, 2.05) is 0 Å². The summed E-state index contributed by atoms with van der Waals surface area (Å²) in [6.45, 7) is 14.2. The van der Waals surface area contributed by atoms with Crippen molar-refractivity contribution in [3.63, 3.8) is 0 Å². The number of ether oxygens (including phenoxy) is 4. The van der Waals surface area contributed by atoms with Crippen LogP contribution in [-0.2, 0) is 65.4 Å². The third kappa shape index (κ3) is 70.5. The molecule has 0 bridgehead atoms. The molecule has 3 N–H and O–H groups in total. The van der Waals surface area contributed by atoms with E-state index in [1.54, 1.807) is 0 Å². The van der Waals surface area contributed by atoms with E-state index in [9.17, 15) is 43.2 Å². The minimum Gasteiger partial charge on any atom is -0.462 e. The van der Waals surface area contributed by atoms with Crippen LogP contribution in [0.2, 0.25) is 0 Å². The molecule has 0 spiro atoms. The minimum atomic E-state index is -4.96. The first-order valence-corrected chi connectivity index (χ1v) is 42.7. The molecule has 0 heterocycles. The highest BCUT2D eigenvalue weighted by molar-refractivity contribution is 7.47. The molecule has 0 fully saturated rings. The van der Waals surface area contributed by atoms with Gasteiger partial charge in [0.25, 0.3) is 0 Å². The summed E-state index contributed by atoms with van der Waals surface area (Å²) in [5.41, 5.74) is 0. The van der Waals surface area contributed by atoms with Gasteiger partial charge in [0.1, 0.15) is 19.3 Å². The standard InChI is InChI=1S/C77H150O17P2/c1-67(2)53-45-37-29-23-19-15-11-9-10-12-17-21-25-33-43-51-59-76(81)93-72(63-87-74(79)57-49-41-35-27-31-39-47-55-69(5)6)65-91-95(83,84)89-61-71(78)62-90-96(85,86)92-66-73(64-88-75(80)58-50-42-36-28-32-40-48-56-70(7)8)94-77(82)60-52-44-34-26-22-18-14-13-16-20-24-30-38-46-54-68(3)4/h67-73,78H,9-66H2,1-8H3,(H,83,84)(H,85,86)/t71?,72-,73-/m1/s1. The van der Waals surface area contributed by atoms with Gasteiger partial charge >= 0.3 is 39.5 Å². The lowest BCUT2D eigenvalue weighted by Crippen LogP contribution is -2.30. The molecule has 0 aromatic rings. The lowest BCUT2D eigenvalue weighted by molar-refractivity contribution is -0.161. The second-order valence-electron chi connectivity index (χ2n) is 29.7. The summed E-state index contributed by atoms with van der Waals surface area (Å²) in [5.74, 6) is 0.893. The van der Waals surface area contributed by atoms with E-state index in [0.29, 0.717) is 37.5 Å². The average molecular weight is 1410 g/mol. The molecule has 0 amide bonds. The number of aliphatic hydroxyl groups is 1. The van der Waals surface area contributed by atoms with E-state index in [2.05, 4.69) is 55.4 Å². The van der Waals surface area contributed by atoms with Crippen molar-refractivity contribution < 1.29 is 80.2 Å². The van der Waals surface area contributed by atoms with Crippen molar-refractivity contribution in [2.45, 2.75) is 408 Å². The fourth-order valence-corrected chi connectivity index (χ4v) is 13.3. The summed E-state index contributed by atoms with van der Waals surface area (Å²) < 4.78 is 68.5. The molecule has 570 valence electrons. The first kappa shape index (κ1) is 94.1. The molecule has 0 rings (SSSR count). The highest BCUT2D eigenvalue weighted by Crippen LogP contribution is 2.45. The Hall–Kier alpha value is -1.94. The Morgan fingerprint density at radius 1 is 0.260 bits per heavy atom. The van der Waals surface area contributed by atoms with Gasteiger partial charge < -0.3 is 33.8 Å². The van der Waals surface area contributed by atoms with E-state index >= 15 is 0 Å². The van der Waals surface area contributed by atoms with Crippen LogP contribution in [-0.4, -0.2) is 96.7 Å². The molecule has 19 heteroatoms. The van der Waals surface area contributed by atoms with Crippen LogP contribution in [0.25, 0.3) is 0 Å². The number of rotatable bonds is 74. The Kier molecular flexibility index (Phi) is 65.0. The Morgan fingerprint density at radius 3 is 0.646 bits per heavy atom. The van der Waals surface area contributed by atoms with Crippen molar-refractivity contribution in [3.8, 4) is 0 Å². The maximum atomic E-state index is 13.1. The molecule has 0 aliphatic carbocycles. The number of hydrogen-bond donors (Lipinski definition) is 3. The van der Waals surface area contributed by atoms with Crippen LogP contribution in [0.15, 0.2) is 0 Å². The number of hydrogen-bond acceptors (Lipinski definition) is 15. The summed E-state index contributed by atoms with van der Waals surface area (Å²) in [6, 6.07) is 0. The van der Waals surface area contributed by atoms with Crippen LogP contribution >= 0.6 is 15.6 Å². The lowest BCUT2D eigenvalue weighted by Gasteiger charge is -2.21. The molecule has 0 aromatic carbocycles. The summed E-state index contributed by atoms with van der Waals surface area (Å²) in [6.07, 6.45) is 51.6. The monoisotopic (exact) mass is 1410 g/mol. The first-order valence-electron chi connectivity index (χ1n) is 39.7. The van der Waals surface area contributed by atoms with Gasteiger partial charge in [-0.1, -0.05) is 338 Å². The summed E-state index contributed by atoms with van der Waals surface area (Å²) >= 11 is 0. The molecule has 0 radical (unpaired) electrons. The SMILES string of the molecule is CC(C)CCCCCCCCCCCCCCCCCCC(=O)O[C@H](COC(=O)CCCCCCCCCC(C)C)COP(=O)(O)OCC(O)COP(=O)(O)OC[C@@H](COC(=O)CCCCCCCCCC(C)C)OC(=O)CCCCCCCCCCCCCCCCC(C)C. The van der Waals surface area contributed by atoms with Crippen LogP contribution in [0.5, 0.6) is 0 Å². The van der Waals surface area contributed by atoms with Crippen LogP contribution in [0.1, 0.15) is 389 Å². The summed E-state index contributed by atoms with van der Waals surface area (Å²) in [4.78, 5) is 72.8. The van der Waals surface area contributed by atoms with Crippen molar-refractivity contribution in [1.29, 1.82) is 0 Å². The van der Waals surface area contributed by atoms with Gasteiger partial charge in [-0.3, -0.25) is 37.3 Å². The molecule has 0 saturated carbocycles. The van der Waals surface area contributed by atoms with E-state index in [0.717, 1.165) is 115 Å². The average Bonchev–Trinajstić information content (AvgIpc) is 1.80. The van der Waals surface area contributed by atoms with Crippen LogP contribution in [0, 0.1) is 23.7 Å². The van der Waals surface area contributed by atoms with Gasteiger partial charge in [0.2, 0.25) is 0 Å². The maximum absolute atomic E-state index is 13.1. The predicted octanol–water partition coefficient (Wildman–Crippen LogP) is 22.4. The van der Waals surface area contributed by atoms with Gasteiger partial charge in [-0.25, -0.2) is 9.13 Å². The second kappa shape index (κ2) is 66.3.